The maximum Gasteiger partial charge on any atom is 0.258 e. The molecule has 3 aromatic rings. The van der Waals surface area contributed by atoms with Crippen LogP contribution >= 0.6 is 0 Å². The van der Waals surface area contributed by atoms with Gasteiger partial charge >= 0.3 is 0 Å². The first-order valence-electron chi connectivity index (χ1n) is 10.2. The first-order chi connectivity index (χ1) is 14.4. The summed E-state index contributed by atoms with van der Waals surface area (Å²) in [5, 5.41) is 2.43. The van der Waals surface area contributed by atoms with Gasteiger partial charge in [-0.1, -0.05) is 56.5 Å². The van der Waals surface area contributed by atoms with E-state index < -0.39 is 10.0 Å². The highest BCUT2D eigenvalue weighted by Crippen LogP contribution is 2.36. The van der Waals surface area contributed by atoms with Crippen molar-refractivity contribution in [1.82, 2.24) is 4.57 Å². The Balaban J connectivity index is 1.91. The minimum absolute atomic E-state index is 0.0461. The van der Waals surface area contributed by atoms with Crippen molar-refractivity contribution >= 4 is 26.5 Å². The summed E-state index contributed by atoms with van der Waals surface area (Å²) in [6.45, 7) is 3.37. The minimum Gasteiger partial charge on any atom is -0.317 e. The second-order valence-corrected chi connectivity index (χ2v) is 9.67. The molecule has 1 N–H and O–H groups in total. The Morgan fingerprint density at radius 2 is 1.80 bits per heavy atom. The number of anilines is 1. The Morgan fingerprint density at radius 1 is 1.10 bits per heavy atom. The molecule has 1 aliphatic rings. The largest absolute Gasteiger partial charge is 0.317 e. The minimum atomic E-state index is -3.61. The lowest BCUT2D eigenvalue weighted by Crippen LogP contribution is -2.17. The van der Waals surface area contributed by atoms with Crippen molar-refractivity contribution in [1.29, 1.82) is 0 Å². The number of nitrogens with one attached hydrogen (secondary N) is 1. The van der Waals surface area contributed by atoms with Gasteiger partial charge < -0.3 is 4.57 Å². The molecule has 6 heteroatoms. The molecule has 0 radical (unpaired) electrons. The predicted molar refractivity (Wildman–Crippen MR) is 123 cm³/mol. The maximum atomic E-state index is 12.6. The van der Waals surface area contributed by atoms with Crippen molar-refractivity contribution in [3.8, 4) is 11.1 Å². The monoisotopic (exact) mass is 422 g/mol. The number of aromatic nitrogens is 1. The molecule has 0 aliphatic heterocycles. The summed E-state index contributed by atoms with van der Waals surface area (Å²) < 4.78 is 28.2. The van der Waals surface area contributed by atoms with Crippen LogP contribution in [0.25, 0.3) is 21.9 Å². The third kappa shape index (κ3) is 4.05. The van der Waals surface area contributed by atoms with Gasteiger partial charge in [0, 0.05) is 35.3 Å². The summed E-state index contributed by atoms with van der Waals surface area (Å²) in [6.07, 6.45) is 7.77. The first kappa shape index (κ1) is 20.4. The molecular weight excluding hydrogens is 396 g/mol. The number of sulfonamides is 1. The highest BCUT2D eigenvalue weighted by molar-refractivity contribution is 7.95. The molecule has 4 rings (SSSR count). The van der Waals surface area contributed by atoms with Crippen LogP contribution in [0, 0.1) is 5.92 Å². The van der Waals surface area contributed by atoms with Crippen LogP contribution in [-0.4, -0.2) is 13.0 Å². The third-order valence-corrected chi connectivity index (χ3v) is 6.91. The van der Waals surface area contributed by atoms with Crippen LogP contribution in [0.1, 0.15) is 31.2 Å². The molecule has 1 saturated carbocycles. The molecule has 0 bridgehead atoms. The van der Waals surface area contributed by atoms with Gasteiger partial charge in [0.15, 0.2) is 0 Å². The molecular formula is C24H26N2O3S. The van der Waals surface area contributed by atoms with E-state index in [1.807, 2.05) is 42.6 Å². The number of rotatable bonds is 6. The van der Waals surface area contributed by atoms with Gasteiger partial charge in [-0.15, -0.1) is 0 Å². The van der Waals surface area contributed by atoms with E-state index in [1.165, 1.54) is 31.2 Å². The third-order valence-electron chi connectivity index (χ3n) is 5.95. The predicted octanol–water partition coefficient (Wildman–Crippen LogP) is 4.82. The van der Waals surface area contributed by atoms with E-state index in [2.05, 4.69) is 11.3 Å². The van der Waals surface area contributed by atoms with Crippen molar-refractivity contribution in [2.45, 2.75) is 32.1 Å². The summed E-state index contributed by atoms with van der Waals surface area (Å²) in [5.41, 5.74) is 3.50. The average molecular weight is 423 g/mol. The van der Waals surface area contributed by atoms with E-state index in [0.29, 0.717) is 17.0 Å². The lowest BCUT2D eigenvalue weighted by atomic mass is 9.90. The normalized spacial score (nSPS) is 14.8. The van der Waals surface area contributed by atoms with E-state index in [0.717, 1.165) is 28.3 Å². The highest BCUT2D eigenvalue weighted by atomic mass is 32.2. The summed E-state index contributed by atoms with van der Waals surface area (Å²) in [5.74, 6) is 0.637. The van der Waals surface area contributed by atoms with Crippen molar-refractivity contribution < 1.29 is 8.42 Å². The van der Waals surface area contributed by atoms with Crippen molar-refractivity contribution in [2.24, 2.45) is 13.0 Å². The molecule has 0 atom stereocenters. The van der Waals surface area contributed by atoms with Crippen molar-refractivity contribution in [2.75, 3.05) is 4.72 Å². The van der Waals surface area contributed by atoms with Gasteiger partial charge in [0.1, 0.15) is 0 Å². The van der Waals surface area contributed by atoms with E-state index in [1.54, 1.807) is 17.7 Å². The van der Waals surface area contributed by atoms with E-state index in [-0.39, 0.29) is 5.56 Å². The number of pyridine rings is 1. The smallest absolute Gasteiger partial charge is 0.258 e. The molecule has 30 heavy (non-hydrogen) atoms. The number of nitrogens with zero attached hydrogens (tertiary/aromatic N) is 1. The van der Waals surface area contributed by atoms with Gasteiger partial charge in [-0.3, -0.25) is 9.52 Å². The standard InChI is InChI=1S/C24H26N2O3S/c1-3-30(28,29)25-19-13-12-18(14-17-8-4-5-9-17)22(15-19)23-16-26(2)24(27)21-11-7-6-10-20(21)23/h3,6-7,10-13,15-17,25H,1,4-5,8-9,14H2,2H3. The molecule has 0 unspecified atom stereocenters. The number of aryl methyl sites for hydroxylation is 1. The quantitative estimate of drug-likeness (QED) is 0.619. The Morgan fingerprint density at radius 3 is 2.50 bits per heavy atom. The molecule has 1 aliphatic carbocycles. The van der Waals surface area contributed by atoms with Crippen LogP contribution in [0.4, 0.5) is 5.69 Å². The molecule has 5 nitrogen and oxygen atoms in total. The SMILES string of the molecule is C=CS(=O)(=O)Nc1ccc(CC2CCCC2)c(-c2cn(C)c(=O)c3ccccc23)c1. The molecule has 1 heterocycles. The molecule has 0 spiro atoms. The van der Waals surface area contributed by atoms with E-state index in [9.17, 15) is 13.2 Å². The van der Waals surface area contributed by atoms with Crippen LogP contribution < -0.4 is 10.3 Å². The number of hydrogen-bond acceptors (Lipinski definition) is 3. The van der Waals surface area contributed by atoms with Crippen LogP contribution in [-0.2, 0) is 23.5 Å². The van der Waals surface area contributed by atoms with Crippen LogP contribution in [0.2, 0.25) is 0 Å². The zero-order valence-electron chi connectivity index (χ0n) is 17.1. The Labute approximate surface area is 177 Å². The zero-order chi connectivity index (χ0) is 21.3. The van der Waals surface area contributed by atoms with Crippen LogP contribution in [0.15, 0.2) is 65.4 Å². The van der Waals surface area contributed by atoms with Gasteiger partial charge in [-0.05, 0) is 47.1 Å². The van der Waals surface area contributed by atoms with Gasteiger partial charge in [0.25, 0.3) is 15.6 Å². The fourth-order valence-electron chi connectivity index (χ4n) is 4.43. The van der Waals surface area contributed by atoms with Crippen LogP contribution in [0.5, 0.6) is 0 Å². The molecule has 156 valence electrons. The van der Waals surface area contributed by atoms with Gasteiger partial charge in [0.05, 0.1) is 0 Å². The molecule has 2 aromatic carbocycles. The van der Waals surface area contributed by atoms with Crippen molar-refractivity contribution in [3.05, 3.63) is 76.6 Å². The van der Waals surface area contributed by atoms with Gasteiger partial charge in [0.2, 0.25) is 0 Å². The summed E-state index contributed by atoms with van der Waals surface area (Å²) in [6, 6.07) is 13.3. The molecule has 1 fully saturated rings. The van der Waals surface area contributed by atoms with Crippen LogP contribution in [0.3, 0.4) is 0 Å². The Hall–Kier alpha value is -2.86. The Bertz CT molecular complexity index is 1270. The number of fused-ring (bicyclic) bond motifs is 1. The molecule has 1 aromatic heterocycles. The second-order valence-electron chi connectivity index (χ2n) is 8.04. The number of hydrogen-bond donors (Lipinski definition) is 1. The highest BCUT2D eigenvalue weighted by Gasteiger charge is 2.20. The lowest BCUT2D eigenvalue weighted by Gasteiger charge is -2.18. The lowest BCUT2D eigenvalue weighted by molar-refractivity contribution is 0.547. The average Bonchev–Trinajstić information content (AvgIpc) is 3.25. The van der Waals surface area contributed by atoms with Gasteiger partial charge in [-0.25, -0.2) is 8.42 Å². The maximum absolute atomic E-state index is 12.6. The zero-order valence-corrected chi connectivity index (χ0v) is 17.9. The summed E-state index contributed by atoms with van der Waals surface area (Å²) in [4.78, 5) is 12.6. The summed E-state index contributed by atoms with van der Waals surface area (Å²) >= 11 is 0. The van der Waals surface area contributed by atoms with E-state index in [4.69, 9.17) is 0 Å². The molecule has 0 amide bonds. The first-order valence-corrected chi connectivity index (χ1v) is 11.8. The number of benzene rings is 2. The van der Waals surface area contributed by atoms with Gasteiger partial charge in [-0.2, -0.15) is 0 Å². The van der Waals surface area contributed by atoms with Crippen molar-refractivity contribution in [3.63, 3.8) is 0 Å². The fraction of sp³-hybridized carbons (Fsp3) is 0.292. The van der Waals surface area contributed by atoms with E-state index >= 15 is 0 Å². The second kappa shape index (κ2) is 8.11. The topological polar surface area (TPSA) is 68.2 Å². The molecule has 0 saturated heterocycles. The Kier molecular flexibility index (Phi) is 5.52. The fourth-order valence-corrected chi connectivity index (χ4v) is 4.97. The summed E-state index contributed by atoms with van der Waals surface area (Å²) in [7, 11) is -1.86.